The minimum absolute atomic E-state index is 0.224. The first kappa shape index (κ1) is 24.7. The van der Waals surface area contributed by atoms with Crippen LogP contribution >= 0.6 is 0 Å². The van der Waals surface area contributed by atoms with E-state index in [9.17, 15) is 4.79 Å². The maximum atomic E-state index is 12.4. The molecule has 178 valence electrons. The van der Waals surface area contributed by atoms with E-state index in [2.05, 4.69) is 0 Å². The van der Waals surface area contributed by atoms with Gasteiger partial charge in [0.2, 0.25) is 0 Å². The molecule has 0 spiro atoms. The van der Waals surface area contributed by atoms with Crippen LogP contribution in [0.5, 0.6) is 11.5 Å². The largest absolute Gasteiger partial charge is 0.494 e. The number of benzene rings is 1. The van der Waals surface area contributed by atoms with Gasteiger partial charge in [-0.1, -0.05) is 6.07 Å². The van der Waals surface area contributed by atoms with Crippen LogP contribution in [0.25, 0.3) is 0 Å². The summed E-state index contributed by atoms with van der Waals surface area (Å²) in [6, 6.07) is 5.75. The van der Waals surface area contributed by atoms with Crippen molar-refractivity contribution in [3.05, 3.63) is 18.2 Å². The molecule has 0 saturated carbocycles. The van der Waals surface area contributed by atoms with Crippen molar-refractivity contribution in [2.24, 2.45) is 5.92 Å². The van der Waals surface area contributed by atoms with E-state index in [0.717, 1.165) is 18.3 Å². The molecule has 1 aromatic rings. The number of hydrogen-bond donors (Lipinski definition) is 0. The van der Waals surface area contributed by atoms with Gasteiger partial charge in [-0.2, -0.15) is 0 Å². The minimum atomic E-state index is -0.498. The topological polar surface area (TPSA) is 66.5 Å². The van der Waals surface area contributed by atoms with Crippen LogP contribution in [-0.4, -0.2) is 61.7 Å². The van der Waals surface area contributed by atoms with Crippen molar-refractivity contribution in [1.82, 2.24) is 4.90 Å². The minimum Gasteiger partial charge on any atom is -0.493 e. The molecule has 32 heavy (non-hydrogen) atoms. The van der Waals surface area contributed by atoms with Crippen molar-refractivity contribution < 1.29 is 28.3 Å². The Morgan fingerprint density at radius 2 is 1.81 bits per heavy atom. The second-order valence-electron chi connectivity index (χ2n) is 10.7. The quantitative estimate of drug-likeness (QED) is 0.636. The number of nitrogens with zero attached hydrogens (tertiary/aromatic N) is 1. The zero-order chi connectivity index (χ0) is 23.7. The van der Waals surface area contributed by atoms with E-state index in [1.54, 1.807) is 12.0 Å². The molecule has 2 heterocycles. The fourth-order valence-electron chi connectivity index (χ4n) is 3.83. The summed E-state index contributed by atoms with van der Waals surface area (Å²) >= 11 is 0. The molecule has 0 bridgehead atoms. The van der Waals surface area contributed by atoms with E-state index in [-0.39, 0.29) is 12.0 Å². The van der Waals surface area contributed by atoms with E-state index in [0.29, 0.717) is 31.2 Å². The van der Waals surface area contributed by atoms with Gasteiger partial charge in [0.25, 0.3) is 0 Å². The van der Waals surface area contributed by atoms with E-state index in [1.165, 1.54) is 0 Å². The third-order valence-electron chi connectivity index (χ3n) is 6.36. The molecule has 1 atom stereocenters. The molecule has 1 amide bonds. The Bertz CT molecular complexity index is 803. The third kappa shape index (κ3) is 5.70. The predicted octanol–water partition coefficient (Wildman–Crippen LogP) is 4.02. The lowest BCUT2D eigenvalue weighted by atomic mass is 9.79. The van der Waals surface area contributed by atoms with Gasteiger partial charge in [0.15, 0.2) is 11.5 Å². The molecule has 0 radical (unpaired) electrons. The molecule has 0 aromatic heterocycles. The van der Waals surface area contributed by atoms with Gasteiger partial charge in [-0.15, -0.1) is 0 Å². The first-order valence-electron chi connectivity index (χ1n) is 11.5. The van der Waals surface area contributed by atoms with E-state index >= 15 is 0 Å². The number of piperidine rings is 1. The van der Waals surface area contributed by atoms with Gasteiger partial charge >= 0.3 is 13.2 Å². The van der Waals surface area contributed by atoms with Crippen LogP contribution in [-0.2, 0) is 14.0 Å². The molecular formula is C24H38BNO6. The number of rotatable bonds is 5. The number of methoxy groups -OCH3 is 1. The Morgan fingerprint density at radius 3 is 2.41 bits per heavy atom. The zero-order valence-electron chi connectivity index (χ0n) is 20.8. The summed E-state index contributed by atoms with van der Waals surface area (Å²) in [5.74, 6) is 1.53. The number of carbonyl (C=O) groups excluding carboxylic acids is 1. The van der Waals surface area contributed by atoms with Gasteiger partial charge in [-0.05, 0) is 78.9 Å². The molecule has 7 nitrogen and oxygen atoms in total. The van der Waals surface area contributed by atoms with Crippen molar-refractivity contribution in [1.29, 1.82) is 0 Å². The maximum Gasteiger partial charge on any atom is 0.494 e. The molecule has 2 fully saturated rings. The number of hydrogen-bond acceptors (Lipinski definition) is 6. The second kappa shape index (κ2) is 9.14. The van der Waals surface area contributed by atoms with Crippen LogP contribution in [0, 0.1) is 5.92 Å². The molecule has 8 heteroatoms. The first-order chi connectivity index (χ1) is 14.8. The molecule has 0 aliphatic carbocycles. The fourth-order valence-corrected chi connectivity index (χ4v) is 3.83. The van der Waals surface area contributed by atoms with Crippen LogP contribution in [0.4, 0.5) is 4.79 Å². The van der Waals surface area contributed by atoms with Crippen LogP contribution in [0.15, 0.2) is 18.2 Å². The molecule has 2 aliphatic heterocycles. The Hall–Kier alpha value is -1.93. The Morgan fingerprint density at radius 1 is 1.16 bits per heavy atom. The summed E-state index contributed by atoms with van der Waals surface area (Å²) < 4.78 is 29.6. The fraction of sp³-hybridized carbons (Fsp3) is 0.708. The monoisotopic (exact) mass is 447 g/mol. The summed E-state index contributed by atoms with van der Waals surface area (Å²) in [5.41, 5.74) is -0.432. The van der Waals surface area contributed by atoms with Crippen LogP contribution in [0.1, 0.15) is 61.3 Å². The molecular weight excluding hydrogens is 409 g/mol. The van der Waals surface area contributed by atoms with Gasteiger partial charge in [-0.25, -0.2) is 4.79 Å². The SMILES string of the molecule is COc1ccc(B2OC(C)(C)C(C)(C)O2)cc1OC[C@H]1CCCN(C(=O)OC(C)(C)C)C1. The van der Waals surface area contributed by atoms with Crippen molar-refractivity contribution in [2.75, 3.05) is 26.8 Å². The van der Waals surface area contributed by atoms with Crippen molar-refractivity contribution in [3.8, 4) is 11.5 Å². The van der Waals surface area contributed by atoms with Gasteiger partial charge in [0.05, 0.1) is 24.9 Å². The maximum absolute atomic E-state index is 12.4. The lowest BCUT2D eigenvalue weighted by Gasteiger charge is -2.34. The molecule has 1 aromatic carbocycles. The van der Waals surface area contributed by atoms with Crippen molar-refractivity contribution in [3.63, 3.8) is 0 Å². The van der Waals surface area contributed by atoms with Crippen molar-refractivity contribution >= 4 is 18.7 Å². The average molecular weight is 447 g/mol. The average Bonchev–Trinajstić information content (AvgIpc) is 2.92. The standard InChI is InChI=1S/C24H38BNO6/c1-22(2,3)30-21(27)26-13-9-10-17(15-26)16-29-20-14-18(11-12-19(20)28-8)25-31-23(4,5)24(6,7)32-25/h11-12,14,17H,9-10,13,15-16H2,1-8H3/t17-/m0/s1. The number of likely N-dealkylation sites (tertiary alicyclic amines) is 1. The van der Waals surface area contributed by atoms with Gasteiger partial charge in [0, 0.05) is 19.0 Å². The Kier molecular flexibility index (Phi) is 7.06. The number of amides is 1. The summed E-state index contributed by atoms with van der Waals surface area (Å²) in [5, 5.41) is 0. The number of ether oxygens (including phenoxy) is 3. The third-order valence-corrected chi connectivity index (χ3v) is 6.36. The predicted molar refractivity (Wildman–Crippen MR) is 125 cm³/mol. The molecule has 2 saturated heterocycles. The Balaban J connectivity index is 1.66. The summed E-state index contributed by atoms with van der Waals surface area (Å²) in [6.07, 6.45) is 1.67. The van der Waals surface area contributed by atoms with E-state index < -0.39 is 23.9 Å². The lowest BCUT2D eigenvalue weighted by Crippen LogP contribution is -2.44. The summed E-state index contributed by atoms with van der Waals surface area (Å²) in [4.78, 5) is 14.2. The van der Waals surface area contributed by atoms with Crippen LogP contribution < -0.4 is 14.9 Å². The highest BCUT2D eigenvalue weighted by Crippen LogP contribution is 2.37. The number of carbonyl (C=O) groups is 1. The zero-order valence-corrected chi connectivity index (χ0v) is 20.8. The van der Waals surface area contributed by atoms with Crippen LogP contribution in [0.2, 0.25) is 0 Å². The Labute approximate surface area is 192 Å². The smallest absolute Gasteiger partial charge is 0.493 e. The van der Waals surface area contributed by atoms with E-state index in [1.807, 2.05) is 66.7 Å². The van der Waals surface area contributed by atoms with E-state index in [4.69, 9.17) is 23.5 Å². The molecule has 0 N–H and O–H groups in total. The van der Waals surface area contributed by atoms with Gasteiger partial charge in [0.1, 0.15) is 5.60 Å². The summed E-state index contributed by atoms with van der Waals surface area (Å²) in [7, 11) is 1.16. The summed E-state index contributed by atoms with van der Waals surface area (Å²) in [6.45, 7) is 15.6. The molecule has 3 rings (SSSR count). The van der Waals surface area contributed by atoms with Gasteiger partial charge in [-0.3, -0.25) is 0 Å². The highest BCUT2D eigenvalue weighted by molar-refractivity contribution is 6.62. The lowest BCUT2D eigenvalue weighted by molar-refractivity contribution is 0.00578. The highest BCUT2D eigenvalue weighted by atomic mass is 16.7. The normalized spacial score (nSPS) is 22.6. The molecule has 2 aliphatic rings. The molecule has 0 unspecified atom stereocenters. The second-order valence-corrected chi connectivity index (χ2v) is 10.7. The highest BCUT2D eigenvalue weighted by Gasteiger charge is 2.51. The van der Waals surface area contributed by atoms with Gasteiger partial charge < -0.3 is 28.4 Å². The van der Waals surface area contributed by atoms with Crippen LogP contribution in [0.3, 0.4) is 0 Å². The first-order valence-corrected chi connectivity index (χ1v) is 11.5. The van der Waals surface area contributed by atoms with Crippen molar-refractivity contribution in [2.45, 2.75) is 78.1 Å².